The van der Waals surface area contributed by atoms with Crippen LogP contribution in [0.5, 0.6) is 0 Å². The predicted molar refractivity (Wildman–Crippen MR) is 77.7 cm³/mol. The minimum absolute atomic E-state index is 0.0813. The summed E-state index contributed by atoms with van der Waals surface area (Å²) < 4.78 is 39.3. The van der Waals surface area contributed by atoms with Gasteiger partial charge in [0.05, 0.1) is 5.56 Å². The van der Waals surface area contributed by atoms with Gasteiger partial charge in [0.1, 0.15) is 0 Å². The second-order valence-corrected chi connectivity index (χ2v) is 6.45. The molecule has 0 aliphatic carbocycles. The molecule has 0 atom stereocenters. The molecule has 0 saturated carbocycles. The van der Waals surface area contributed by atoms with Gasteiger partial charge in [-0.1, -0.05) is 29.8 Å². The maximum absolute atomic E-state index is 13.0. The van der Waals surface area contributed by atoms with E-state index in [-0.39, 0.29) is 17.7 Å². The Hall–Kier alpha value is -0.750. The summed E-state index contributed by atoms with van der Waals surface area (Å²) in [6, 6.07) is 4.08. The average Bonchev–Trinajstić information content (AvgIpc) is 2.34. The van der Waals surface area contributed by atoms with Crippen LogP contribution >= 0.6 is 15.9 Å². The molecule has 2 N–H and O–H groups in total. The third kappa shape index (κ3) is 5.32. The van der Waals surface area contributed by atoms with Crippen LogP contribution in [0.15, 0.2) is 22.7 Å². The topological polar surface area (TPSA) is 32.3 Å². The maximum Gasteiger partial charge on any atom is 0.418 e. The van der Waals surface area contributed by atoms with Crippen molar-refractivity contribution in [2.45, 2.75) is 32.9 Å². The van der Waals surface area contributed by atoms with Crippen LogP contribution in [0.1, 0.15) is 32.3 Å². The number of halogens is 4. The van der Waals surface area contributed by atoms with Gasteiger partial charge in [-0.25, -0.2) is 0 Å². The third-order valence-electron chi connectivity index (χ3n) is 3.06. The summed E-state index contributed by atoms with van der Waals surface area (Å²) in [6.07, 6.45) is -3.00. The van der Waals surface area contributed by atoms with Gasteiger partial charge in [-0.3, -0.25) is 0 Å². The van der Waals surface area contributed by atoms with E-state index in [2.05, 4.69) is 21.2 Å². The molecule has 6 heteroatoms. The number of rotatable bonds is 6. The Morgan fingerprint density at radius 2 is 1.90 bits per heavy atom. The van der Waals surface area contributed by atoms with Crippen molar-refractivity contribution in [2.75, 3.05) is 18.5 Å². The van der Waals surface area contributed by atoms with Crippen molar-refractivity contribution in [2.24, 2.45) is 5.41 Å². The number of nitrogens with one attached hydrogen (secondary N) is 1. The predicted octanol–water partition coefficient (Wildman–Crippen LogP) is 4.68. The minimum Gasteiger partial charge on any atom is -0.396 e. The molecular weight excluding hydrogens is 335 g/mol. The molecule has 0 saturated heterocycles. The summed E-state index contributed by atoms with van der Waals surface area (Å²) in [5.41, 5.74) is -0.777. The molecular formula is C14H19BrF3NO. The van der Waals surface area contributed by atoms with E-state index in [1.54, 1.807) is 6.07 Å². The zero-order valence-corrected chi connectivity index (χ0v) is 13.1. The van der Waals surface area contributed by atoms with E-state index < -0.39 is 11.7 Å². The first-order valence-electron chi connectivity index (χ1n) is 6.37. The molecule has 0 aromatic heterocycles. The monoisotopic (exact) mass is 353 g/mol. The molecule has 114 valence electrons. The van der Waals surface area contributed by atoms with Crippen molar-refractivity contribution < 1.29 is 18.3 Å². The highest BCUT2D eigenvalue weighted by Crippen LogP contribution is 2.37. The second kappa shape index (κ2) is 6.80. The van der Waals surface area contributed by atoms with Crippen LogP contribution in [0.25, 0.3) is 0 Å². The first-order chi connectivity index (χ1) is 9.15. The van der Waals surface area contributed by atoms with Crippen molar-refractivity contribution in [1.82, 2.24) is 0 Å². The lowest BCUT2D eigenvalue weighted by molar-refractivity contribution is -0.137. The summed E-state index contributed by atoms with van der Waals surface area (Å²) in [5.74, 6) is 0. The molecule has 0 aliphatic rings. The zero-order valence-electron chi connectivity index (χ0n) is 11.5. The van der Waals surface area contributed by atoms with Crippen LogP contribution in [-0.2, 0) is 6.18 Å². The van der Waals surface area contributed by atoms with Gasteiger partial charge in [-0.15, -0.1) is 0 Å². The molecule has 0 unspecified atom stereocenters. The fourth-order valence-corrected chi connectivity index (χ4v) is 2.25. The van der Waals surface area contributed by atoms with Gasteiger partial charge in [0.15, 0.2) is 0 Å². The van der Waals surface area contributed by atoms with Gasteiger partial charge in [0, 0.05) is 23.3 Å². The molecule has 20 heavy (non-hydrogen) atoms. The van der Waals surface area contributed by atoms with Crippen LogP contribution in [-0.4, -0.2) is 18.3 Å². The van der Waals surface area contributed by atoms with Gasteiger partial charge in [-0.2, -0.15) is 13.2 Å². The van der Waals surface area contributed by atoms with Crippen LogP contribution < -0.4 is 5.32 Å². The molecule has 0 fully saturated rings. The number of hydrogen-bond acceptors (Lipinski definition) is 2. The normalized spacial score (nSPS) is 12.6. The first-order valence-corrected chi connectivity index (χ1v) is 7.16. The van der Waals surface area contributed by atoms with Gasteiger partial charge in [0.2, 0.25) is 0 Å². The molecule has 0 spiro atoms. The summed E-state index contributed by atoms with van der Waals surface area (Å²) in [6.45, 7) is 4.43. The Labute approximate surface area is 125 Å². The lowest BCUT2D eigenvalue weighted by Gasteiger charge is -2.26. The van der Waals surface area contributed by atoms with Crippen molar-refractivity contribution in [3.8, 4) is 0 Å². The van der Waals surface area contributed by atoms with Crippen LogP contribution in [0, 0.1) is 5.41 Å². The summed E-state index contributed by atoms with van der Waals surface area (Å²) >= 11 is 3.06. The minimum atomic E-state index is -4.39. The molecule has 0 heterocycles. The quantitative estimate of drug-likeness (QED) is 0.778. The van der Waals surface area contributed by atoms with Crippen molar-refractivity contribution in [1.29, 1.82) is 0 Å². The fourth-order valence-electron chi connectivity index (χ4n) is 1.89. The molecule has 0 radical (unpaired) electrons. The molecule has 0 aliphatic heterocycles. The first kappa shape index (κ1) is 17.3. The second-order valence-electron chi connectivity index (χ2n) is 5.53. The van der Waals surface area contributed by atoms with Gasteiger partial charge in [-0.05, 0) is 36.5 Å². The Morgan fingerprint density at radius 3 is 2.45 bits per heavy atom. The summed E-state index contributed by atoms with van der Waals surface area (Å²) in [4.78, 5) is 0. The Bertz CT molecular complexity index is 447. The van der Waals surface area contributed by atoms with Crippen molar-refractivity contribution in [3.63, 3.8) is 0 Å². The van der Waals surface area contributed by atoms with Gasteiger partial charge >= 0.3 is 6.18 Å². The van der Waals surface area contributed by atoms with Crippen LogP contribution in [0.3, 0.4) is 0 Å². The molecule has 0 bridgehead atoms. The van der Waals surface area contributed by atoms with E-state index in [1.165, 1.54) is 6.07 Å². The largest absolute Gasteiger partial charge is 0.418 e. The van der Waals surface area contributed by atoms with E-state index >= 15 is 0 Å². The highest BCUT2D eigenvalue weighted by molar-refractivity contribution is 9.10. The number of alkyl halides is 3. The van der Waals surface area contributed by atoms with Crippen molar-refractivity contribution in [3.05, 3.63) is 28.2 Å². The number of aliphatic hydroxyl groups excluding tert-OH is 1. The van der Waals surface area contributed by atoms with E-state index in [1.807, 2.05) is 13.8 Å². The van der Waals surface area contributed by atoms with Crippen LogP contribution in [0.2, 0.25) is 0 Å². The number of aliphatic hydroxyl groups is 1. The van der Waals surface area contributed by atoms with Crippen LogP contribution in [0.4, 0.5) is 18.9 Å². The van der Waals surface area contributed by atoms with E-state index in [0.717, 1.165) is 12.5 Å². The standard InChI is InChI=1S/C14H19BrF3NO/c1-13(2,6-3-7-20)9-19-12-5-4-10(15)8-11(12)14(16,17)18/h4-5,8,19-20H,3,6-7,9H2,1-2H3. The van der Waals surface area contributed by atoms with E-state index in [0.29, 0.717) is 17.4 Å². The summed E-state index contributed by atoms with van der Waals surface area (Å²) in [5, 5.41) is 11.7. The zero-order chi connectivity index (χ0) is 15.4. The molecule has 1 aromatic carbocycles. The van der Waals surface area contributed by atoms with E-state index in [4.69, 9.17) is 5.11 Å². The fraction of sp³-hybridized carbons (Fsp3) is 0.571. The maximum atomic E-state index is 13.0. The Kier molecular flexibility index (Phi) is 5.89. The molecule has 1 rings (SSSR count). The Balaban J connectivity index is 2.83. The van der Waals surface area contributed by atoms with Gasteiger partial charge in [0.25, 0.3) is 0 Å². The molecule has 2 nitrogen and oxygen atoms in total. The summed E-state index contributed by atoms with van der Waals surface area (Å²) in [7, 11) is 0. The third-order valence-corrected chi connectivity index (χ3v) is 3.55. The Morgan fingerprint density at radius 1 is 1.25 bits per heavy atom. The number of hydrogen-bond donors (Lipinski definition) is 2. The highest BCUT2D eigenvalue weighted by Gasteiger charge is 2.34. The average molecular weight is 354 g/mol. The SMILES string of the molecule is CC(C)(CCCO)CNc1ccc(Br)cc1C(F)(F)F. The number of anilines is 1. The van der Waals surface area contributed by atoms with Gasteiger partial charge < -0.3 is 10.4 Å². The molecule has 0 amide bonds. The highest BCUT2D eigenvalue weighted by atomic mass is 79.9. The van der Waals surface area contributed by atoms with E-state index in [9.17, 15) is 13.2 Å². The number of benzene rings is 1. The van der Waals surface area contributed by atoms with Crippen molar-refractivity contribution >= 4 is 21.6 Å². The smallest absolute Gasteiger partial charge is 0.396 e. The lowest BCUT2D eigenvalue weighted by atomic mass is 9.87. The lowest BCUT2D eigenvalue weighted by Crippen LogP contribution is -2.24. The molecule has 1 aromatic rings.